The van der Waals surface area contributed by atoms with Crippen molar-refractivity contribution in [2.45, 2.75) is 32.5 Å². The number of ether oxygens (including phenoxy) is 2. The minimum Gasteiger partial charge on any atom is -0.349 e. The Hall–Kier alpha value is -0.120. The zero-order valence-electron chi connectivity index (χ0n) is 8.06. The Balaban J connectivity index is 2.17. The number of unbranched alkanes of at least 4 members (excludes halogenated alkanes) is 1. The molecular formula is C9H19NO2. The van der Waals surface area contributed by atoms with Crippen LogP contribution in [-0.2, 0) is 9.47 Å². The van der Waals surface area contributed by atoms with E-state index in [1.54, 1.807) is 0 Å². The van der Waals surface area contributed by atoms with Crippen molar-refractivity contribution >= 4 is 0 Å². The van der Waals surface area contributed by atoms with Crippen LogP contribution < -0.4 is 5.32 Å². The summed E-state index contributed by atoms with van der Waals surface area (Å²) in [6.07, 6.45) is 2.28. The van der Waals surface area contributed by atoms with Crippen LogP contribution in [0.1, 0.15) is 26.7 Å². The van der Waals surface area contributed by atoms with E-state index in [9.17, 15) is 0 Å². The highest BCUT2D eigenvalue weighted by atomic mass is 16.7. The van der Waals surface area contributed by atoms with Crippen molar-refractivity contribution in [1.82, 2.24) is 5.32 Å². The smallest absolute Gasteiger partial charge is 0.177 e. The van der Waals surface area contributed by atoms with E-state index in [2.05, 4.69) is 12.2 Å². The molecule has 72 valence electrons. The molecule has 1 N–H and O–H groups in total. The molecule has 0 aliphatic carbocycles. The number of hydrogen-bond donors (Lipinski definition) is 1. The number of morpholine rings is 1. The summed E-state index contributed by atoms with van der Waals surface area (Å²) < 4.78 is 11.2. The first-order valence-corrected chi connectivity index (χ1v) is 4.75. The maximum Gasteiger partial charge on any atom is 0.177 e. The lowest BCUT2D eigenvalue weighted by molar-refractivity contribution is -0.234. The largest absolute Gasteiger partial charge is 0.349 e. The molecule has 0 bridgehead atoms. The van der Waals surface area contributed by atoms with Crippen LogP contribution in [0.3, 0.4) is 0 Å². The topological polar surface area (TPSA) is 30.5 Å². The van der Waals surface area contributed by atoms with Crippen molar-refractivity contribution in [3.05, 3.63) is 0 Å². The molecule has 0 aromatic carbocycles. The fraction of sp³-hybridized carbons (Fsp3) is 1.00. The Morgan fingerprint density at radius 1 is 1.58 bits per heavy atom. The van der Waals surface area contributed by atoms with Crippen LogP contribution in [0.25, 0.3) is 0 Å². The lowest BCUT2D eigenvalue weighted by Gasteiger charge is -2.34. The third-order valence-electron chi connectivity index (χ3n) is 2.04. The van der Waals surface area contributed by atoms with Gasteiger partial charge in [0.15, 0.2) is 5.79 Å². The van der Waals surface area contributed by atoms with Crippen molar-refractivity contribution in [1.29, 1.82) is 0 Å². The number of hydrogen-bond acceptors (Lipinski definition) is 3. The van der Waals surface area contributed by atoms with Gasteiger partial charge in [-0.15, -0.1) is 0 Å². The van der Waals surface area contributed by atoms with Crippen molar-refractivity contribution in [3.63, 3.8) is 0 Å². The molecule has 1 aliphatic rings. The van der Waals surface area contributed by atoms with Crippen LogP contribution in [-0.4, -0.2) is 32.1 Å². The fourth-order valence-electron chi connectivity index (χ4n) is 1.23. The monoisotopic (exact) mass is 173 g/mol. The maximum atomic E-state index is 5.63. The summed E-state index contributed by atoms with van der Waals surface area (Å²) in [6, 6.07) is 0. The van der Waals surface area contributed by atoms with E-state index in [4.69, 9.17) is 9.47 Å². The Kier molecular flexibility index (Phi) is 3.98. The highest BCUT2D eigenvalue weighted by Gasteiger charge is 2.27. The molecule has 0 spiro atoms. The summed E-state index contributed by atoms with van der Waals surface area (Å²) in [5, 5.41) is 3.25. The van der Waals surface area contributed by atoms with Crippen molar-refractivity contribution in [2.75, 3.05) is 26.3 Å². The summed E-state index contributed by atoms with van der Waals surface area (Å²) in [6.45, 7) is 7.45. The first-order chi connectivity index (χ1) is 5.77. The van der Waals surface area contributed by atoms with Crippen molar-refractivity contribution in [3.8, 4) is 0 Å². The Morgan fingerprint density at radius 2 is 2.42 bits per heavy atom. The van der Waals surface area contributed by atoms with Crippen LogP contribution in [0, 0.1) is 0 Å². The van der Waals surface area contributed by atoms with Gasteiger partial charge in [-0.3, -0.25) is 0 Å². The Bertz CT molecular complexity index is 122. The van der Waals surface area contributed by atoms with Gasteiger partial charge in [-0.05, 0) is 13.3 Å². The molecule has 1 aliphatic heterocycles. The van der Waals surface area contributed by atoms with Crippen LogP contribution >= 0.6 is 0 Å². The lowest BCUT2D eigenvalue weighted by atomic mass is 10.2. The molecule has 0 radical (unpaired) electrons. The van der Waals surface area contributed by atoms with Gasteiger partial charge >= 0.3 is 0 Å². The van der Waals surface area contributed by atoms with Gasteiger partial charge in [-0.25, -0.2) is 0 Å². The molecule has 3 heteroatoms. The van der Waals surface area contributed by atoms with Crippen LogP contribution in [0.2, 0.25) is 0 Å². The molecule has 1 rings (SSSR count). The Labute approximate surface area is 74.4 Å². The number of rotatable bonds is 4. The van der Waals surface area contributed by atoms with E-state index in [1.165, 1.54) is 6.42 Å². The first-order valence-electron chi connectivity index (χ1n) is 4.75. The summed E-state index contributed by atoms with van der Waals surface area (Å²) in [5.74, 6) is -0.382. The highest BCUT2D eigenvalue weighted by Crippen LogP contribution is 2.14. The van der Waals surface area contributed by atoms with Gasteiger partial charge in [0.2, 0.25) is 0 Å². The zero-order valence-corrected chi connectivity index (χ0v) is 8.06. The average molecular weight is 173 g/mol. The summed E-state index contributed by atoms with van der Waals surface area (Å²) in [5.41, 5.74) is 0. The van der Waals surface area contributed by atoms with Gasteiger partial charge < -0.3 is 14.8 Å². The van der Waals surface area contributed by atoms with Gasteiger partial charge in [0.1, 0.15) is 0 Å². The molecule has 12 heavy (non-hydrogen) atoms. The predicted molar refractivity (Wildman–Crippen MR) is 48.1 cm³/mol. The molecule has 1 atom stereocenters. The van der Waals surface area contributed by atoms with E-state index >= 15 is 0 Å². The molecule has 1 saturated heterocycles. The summed E-state index contributed by atoms with van der Waals surface area (Å²) in [7, 11) is 0. The quantitative estimate of drug-likeness (QED) is 0.647. The van der Waals surface area contributed by atoms with Gasteiger partial charge in [0, 0.05) is 13.1 Å². The molecule has 1 unspecified atom stereocenters. The van der Waals surface area contributed by atoms with Gasteiger partial charge in [0.25, 0.3) is 0 Å². The maximum absolute atomic E-state index is 5.63. The predicted octanol–water partition coefficient (Wildman–Crippen LogP) is 1.14. The molecule has 0 amide bonds. The first kappa shape index (κ1) is 9.96. The van der Waals surface area contributed by atoms with Crippen LogP contribution in [0.4, 0.5) is 0 Å². The fourth-order valence-corrected chi connectivity index (χ4v) is 1.23. The lowest BCUT2D eigenvalue weighted by Crippen LogP contribution is -2.49. The second-order valence-corrected chi connectivity index (χ2v) is 3.36. The molecular weight excluding hydrogens is 154 g/mol. The summed E-state index contributed by atoms with van der Waals surface area (Å²) >= 11 is 0. The molecule has 0 aromatic heterocycles. The third-order valence-corrected chi connectivity index (χ3v) is 2.04. The van der Waals surface area contributed by atoms with Gasteiger partial charge in [0.05, 0.1) is 13.2 Å². The Morgan fingerprint density at radius 3 is 3.00 bits per heavy atom. The minimum atomic E-state index is -0.382. The van der Waals surface area contributed by atoms with E-state index in [0.29, 0.717) is 0 Å². The SMILES string of the molecule is CCCCOC1(C)CNCCO1. The van der Waals surface area contributed by atoms with Crippen LogP contribution in [0.5, 0.6) is 0 Å². The average Bonchev–Trinajstić information content (AvgIpc) is 2.06. The molecule has 3 nitrogen and oxygen atoms in total. The highest BCUT2D eigenvalue weighted by molar-refractivity contribution is 4.71. The molecule has 1 fully saturated rings. The van der Waals surface area contributed by atoms with E-state index in [-0.39, 0.29) is 5.79 Å². The normalized spacial score (nSPS) is 30.5. The summed E-state index contributed by atoms with van der Waals surface area (Å²) in [4.78, 5) is 0. The second-order valence-electron chi connectivity index (χ2n) is 3.36. The van der Waals surface area contributed by atoms with Gasteiger partial charge in [-0.1, -0.05) is 13.3 Å². The second kappa shape index (κ2) is 4.80. The van der Waals surface area contributed by atoms with E-state index < -0.39 is 0 Å². The minimum absolute atomic E-state index is 0.382. The van der Waals surface area contributed by atoms with Crippen molar-refractivity contribution in [2.24, 2.45) is 0 Å². The van der Waals surface area contributed by atoms with Gasteiger partial charge in [-0.2, -0.15) is 0 Å². The zero-order chi connectivity index (χ0) is 8.86. The molecule has 0 aromatic rings. The molecule has 1 heterocycles. The third kappa shape index (κ3) is 3.09. The standard InChI is InChI=1S/C9H19NO2/c1-3-4-6-11-9(2)8-10-5-7-12-9/h10H,3-8H2,1-2H3. The van der Waals surface area contributed by atoms with Crippen LogP contribution in [0.15, 0.2) is 0 Å². The van der Waals surface area contributed by atoms with E-state index in [1.807, 2.05) is 6.92 Å². The van der Waals surface area contributed by atoms with E-state index in [0.717, 1.165) is 32.7 Å². The molecule has 0 saturated carbocycles. The van der Waals surface area contributed by atoms with Crippen molar-refractivity contribution < 1.29 is 9.47 Å². The number of nitrogens with one attached hydrogen (secondary N) is 1.